The Balaban J connectivity index is 2.08. The fourth-order valence-corrected chi connectivity index (χ4v) is 3.63. The third-order valence-electron chi connectivity index (χ3n) is 3.40. The predicted molar refractivity (Wildman–Crippen MR) is 89.5 cm³/mol. The number of nitrogens with zero attached hydrogens (tertiary/aromatic N) is 3. The summed E-state index contributed by atoms with van der Waals surface area (Å²) in [5.41, 5.74) is 1.63. The summed E-state index contributed by atoms with van der Waals surface area (Å²) in [4.78, 5) is 10.4. The second-order valence-corrected chi connectivity index (χ2v) is 7.21. The first-order chi connectivity index (χ1) is 10.1. The zero-order chi connectivity index (χ0) is 15.0. The van der Waals surface area contributed by atoms with Gasteiger partial charge in [-0.25, -0.2) is 9.97 Å². The van der Waals surface area contributed by atoms with Crippen molar-refractivity contribution >= 4 is 45.7 Å². The van der Waals surface area contributed by atoms with Crippen molar-refractivity contribution < 1.29 is 0 Å². The lowest BCUT2D eigenvalue weighted by Gasteiger charge is -2.17. The molecule has 0 saturated heterocycles. The summed E-state index contributed by atoms with van der Waals surface area (Å²) in [6.45, 7) is 4.10. The maximum absolute atomic E-state index is 6.30. The predicted octanol–water partition coefficient (Wildman–Crippen LogP) is 5.25. The fraction of sp³-hybridized carbons (Fsp3) is 0.333. The highest BCUT2D eigenvalue weighted by Gasteiger charge is 2.20. The van der Waals surface area contributed by atoms with Gasteiger partial charge in [-0.3, -0.25) is 0 Å². The third kappa shape index (κ3) is 2.93. The second-order valence-electron chi connectivity index (χ2n) is 5.08. The number of imidazole rings is 1. The van der Waals surface area contributed by atoms with Crippen LogP contribution in [0.15, 0.2) is 29.8 Å². The largest absolute Gasteiger partial charge is 0.308 e. The number of halogens is 2. The molecule has 3 heterocycles. The van der Waals surface area contributed by atoms with E-state index in [4.69, 9.17) is 23.2 Å². The van der Waals surface area contributed by atoms with Crippen LogP contribution in [0.4, 0.5) is 0 Å². The summed E-state index contributed by atoms with van der Waals surface area (Å²) < 4.78 is 2.13. The van der Waals surface area contributed by atoms with Gasteiger partial charge in [0.1, 0.15) is 11.3 Å². The SMILES string of the molecule is CC(Cl)c1nc2cc(Cl)cnc2n1C(C)Cc1cccs1. The minimum atomic E-state index is -0.177. The lowest BCUT2D eigenvalue weighted by molar-refractivity contribution is 0.535. The second kappa shape index (κ2) is 5.95. The zero-order valence-corrected chi connectivity index (χ0v) is 14.1. The molecule has 0 radical (unpaired) electrons. The number of hydrogen-bond donors (Lipinski definition) is 0. The minimum Gasteiger partial charge on any atom is -0.308 e. The zero-order valence-electron chi connectivity index (χ0n) is 11.8. The van der Waals surface area contributed by atoms with E-state index < -0.39 is 0 Å². The van der Waals surface area contributed by atoms with Gasteiger partial charge in [0, 0.05) is 23.5 Å². The van der Waals surface area contributed by atoms with Crippen molar-refractivity contribution in [3.63, 3.8) is 0 Å². The van der Waals surface area contributed by atoms with Gasteiger partial charge < -0.3 is 4.57 Å². The van der Waals surface area contributed by atoms with Crippen LogP contribution in [-0.2, 0) is 6.42 Å². The van der Waals surface area contributed by atoms with Crippen molar-refractivity contribution in [3.8, 4) is 0 Å². The van der Waals surface area contributed by atoms with E-state index >= 15 is 0 Å². The molecule has 21 heavy (non-hydrogen) atoms. The van der Waals surface area contributed by atoms with Gasteiger partial charge in [0.25, 0.3) is 0 Å². The van der Waals surface area contributed by atoms with Crippen LogP contribution in [-0.4, -0.2) is 14.5 Å². The Morgan fingerprint density at radius 3 is 2.86 bits per heavy atom. The number of fused-ring (bicyclic) bond motifs is 1. The topological polar surface area (TPSA) is 30.7 Å². The Morgan fingerprint density at radius 2 is 2.19 bits per heavy atom. The van der Waals surface area contributed by atoms with Gasteiger partial charge in [-0.2, -0.15) is 0 Å². The van der Waals surface area contributed by atoms with Crippen LogP contribution in [0.2, 0.25) is 5.02 Å². The fourth-order valence-electron chi connectivity index (χ4n) is 2.50. The lowest BCUT2D eigenvalue weighted by atomic mass is 10.2. The first-order valence-electron chi connectivity index (χ1n) is 6.76. The van der Waals surface area contributed by atoms with Crippen LogP contribution < -0.4 is 0 Å². The van der Waals surface area contributed by atoms with Crippen molar-refractivity contribution in [3.05, 3.63) is 45.5 Å². The first kappa shape index (κ1) is 14.8. The summed E-state index contributed by atoms with van der Waals surface area (Å²) in [5.74, 6) is 0.838. The molecule has 0 N–H and O–H groups in total. The van der Waals surface area contributed by atoms with Crippen LogP contribution in [0.3, 0.4) is 0 Å². The molecule has 3 rings (SSSR count). The summed E-state index contributed by atoms with van der Waals surface area (Å²) in [6.07, 6.45) is 2.59. The van der Waals surface area contributed by atoms with Gasteiger partial charge in [-0.15, -0.1) is 22.9 Å². The molecule has 0 saturated carbocycles. The van der Waals surface area contributed by atoms with Crippen LogP contribution in [0.1, 0.15) is 36.0 Å². The average molecular weight is 340 g/mol. The summed E-state index contributed by atoms with van der Waals surface area (Å²) >= 11 is 14.1. The minimum absolute atomic E-state index is 0.177. The number of alkyl halides is 1. The molecule has 0 spiro atoms. The Bertz CT molecular complexity index is 750. The molecule has 0 bridgehead atoms. The molecule has 2 unspecified atom stereocenters. The third-order valence-corrected chi connectivity index (χ3v) is 4.70. The van der Waals surface area contributed by atoms with Gasteiger partial charge in [-0.05, 0) is 31.4 Å². The molecule has 3 aromatic rings. The Labute approximate surface area is 137 Å². The Kier molecular flexibility index (Phi) is 4.20. The summed E-state index contributed by atoms with van der Waals surface area (Å²) in [5, 5.41) is 2.51. The molecule has 0 aliphatic rings. The molecule has 0 amide bonds. The van der Waals surface area contributed by atoms with E-state index in [1.807, 2.05) is 13.0 Å². The van der Waals surface area contributed by atoms with Gasteiger partial charge in [0.15, 0.2) is 5.65 Å². The molecule has 0 fully saturated rings. The molecular weight excluding hydrogens is 325 g/mol. The molecule has 2 atom stereocenters. The van der Waals surface area contributed by atoms with Crippen LogP contribution >= 0.6 is 34.5 Å². The van der Waals surface area contributed by atoms with Gasteiger partial charge in [-0.1, -0.05) is 17.7 Å². The molecule has 0 aromatic carbocycles. The van der Waals surface area contributed by atoms with E-state index in [1.165, 1.54) is 4.88 Å². The number of pyridine rings is 1. The van der Waals surface area contributed by atoms with Crippen molar-refractivity contribution in [2.45, 2.75) is 31.7 Å². The molecular formula is C15H15Cl2N3S. The van der Waals surface area contributed by atoms with E-state index in [2.05, 4.69) is 39.0 Å². The average Bonchev–Trinajstić information content (AvgIpc) is 3.04. The number of hydrogen-bond acceptors (Lipinski definition) is 3. The number of thiophene rings is 1. The highest BCUT2D eigenvalue weighted by atomic mass is 35.5. The smallest absolute Gasteiger partial charge is 0.160 e. The lowest BCUT2D eigenvalue weighted by Crippen LogP contribution is -2.12. The standard InChI is InChI=1S/C15H15Cl2N3S/c1-9(6-12-4-3-5-21-12)20-14(10(2)16)19-13-7-11(17)8-18-15(13)20/h3-5,7-10H,6H2,1-2H3. The molecule has 6 heteroatoms. The maximum Gasteiger partial charge on any atom is 0.160 e. The summed E-state index contributed by atoms with van der Waals surface area (Å²) in [7, 11) is 0. The highest BCUT2D eigenvalue weighted by Crippen LogP contribution is 2.30. The molecule has 0 aliphatic carbocycles. The Morgan fingerprint density at radius 1 is 1.38 bits per heavy atom. The summed E-state index contributed by atoms with van der Waals surface area (Å²) in [6, 6.07) is 6.29. The normalized spacial score (nSPS) is 14.5. The van der Waals surface area contributed by atoms with Crippen LogP contribution in [0.25, 0.3) is 11.2 Å². The number of rotatable bonds is 4. The van der Waals surface area contributed by atoms with E-state index in [0.717, 1.165) is 23.4 Å². The molecule has 110 valence electrons. The van der Waals surface area contributed by atoms with E-state index in [-0.39, 0.29) is 11.4 Å². The Hall–Kier alpha value is -1.10. The van der Waals surface area contributed by atoms with Crippen molar-refractivity contribution in [1.82, 2.24) is 14.5 Å². The van der Waals surface area contributed by atoms with E-state index in [9.17, 15) is 0 Å². The van der Waals surface area contributed by atoms with Crippen molar-refractivity contribution in [2.24, 2.45) is 0 Å². The van der Waals surface area contributed by atoms with Crippen molar-refractivity contribution in [1.29, 1.82) is 0 Å². The van der Waals surface area contributed by atoms with Gasteiger partial charge in [0.2, 0.25) is 0 Å². The van der Waals surface area contributed by atoms with Crippen LogP contribution in [0.5, 0.6) is 0 Å². The van der Waals surface area contributed by atoms with Crippen molar-refractivity contribution in [2.75, 3.05) is 0 Å². The van der Waals surface area contributed by atoms with Gasteiger partial charge in [0.05, 0.1) is 10.4 Å². The molecule has 0 aliphatic heterocycles. The van der Waals surface area contributed by atoms with E-state index in [0.29, 0.717) is 5.02 Å². The van der Waals surface area contributed by atoms with E-state index in [1.54, 1.807) is 17.5 Å². The highest BCUT2D eigenvalue weighted by molar-refractivity contribution is 7.09. The maximum atomic E-state index is 6.30. The van der Waals surface area contributed by atoms with Crippen LogP contribution in [0, 0.1) is 0 Å². The first-order valence-corrected chi connectivity index (χ1v) is 8.45. The number of aromatic nitrogens is 3. The molecule has 3 aromatic heterocycles. The quantitative estimate of drug-likeness (QED) is 0.607. The molecule has 3 nitrogen and oxygen atoms in total. The monoisotopic (exact) mass is 339 g/mol. The van der Waals surface area contributed by atoms with Gasteiger partial charge >= 0.3 is 0 Å².